The largest absolute Gasteiger partial charge is 0.358 e. The van der Waals surface area contributed by atoms with E-state index >= 15 is 0 Å². The summed E-state index contributed by atoms with van der Waals surface area (Å²) in [5.41, 5.74) is 1.16. The maximum absolute atomic E-state index is 12.0. The SMILES string of the molecule is Cc1cc(-c2nnc(NC(C)C)s2)c(=O)n(C)n1. The summed E-state index contributed by atoms with van der Waals surface area (Å²) in [5.74, 6) is 0. The summed E-state index contributed by atoms with van der Waals surface area (Å²) >= 11 is 1.37. The molecule has 2 aromatic heterocycles. The Kier molecular flexibility index (Phi) is 3.42. The molecule has 0 aromatic carbocycles. The maximum Gasteiger partial charge on any atom is 0.276 e. The van der Waals surface area contributed by atoms with Crippen LogP contribution in [0.15, 0.2) is 10.9 Å². The van der Waals surface area contributed by atoms with Crippen LogP contribution in [0.3, 0.4) is 0 Å². The molecule has 0 radical (unpaired) electrons. The number of nitrogens with zero attached hydrogens (tertiary/aromatic N) is 4. The summed E-state index contributed by atoms with van der Waals surface area (Å²) in [6.07, 6.45) is 0. The fourth-order valence-electron chi connectivity index (χ4n) is 1.55. The highest BCUT2D eigenvalue weighted by Crippen LogP contribution is 2.24. The molecule has 0 aliphatic heterocycles. The highest BCUT2D eigenvalue weighted by molar-refractivity contribution is 7.18. The molecular formula is C11H15N5OS. The van der Waals surface area contributed by atoms with Gasteiger partial charge in [-0.1, -0.05) is 11.3 Å². The Labute approximate surface area is 109 Å². The first kappa shape index (κ1) is 12.7. The summed E-state index contributed by atoms with van der Waals surface area (Å²) in [7, 11) is 1.63. The second-order valence-corrected chi connectivity index (χ2v) is 5.32. The second kappa shape index (κ2) is 4.85. The Morgan fingerprint density at radius 2 is 2.11 bits per heavy atom. The van der Waals surface area contributed by atoms with E-state index in [0.29, 0.717) is 10.6 Å². The molecule has 7 heteroatoms. The lowest BCUT2D eigenvalue weighted by Gasteiger charge is -2.03. The van der Waals surface area contributed by atoms with Gasteiger partial charge in [0.05, 0.1) is 11.3 Å². The predicted molar refractivity (Wildman–Crippen MR) is 71.9 cm³/mol. The molecule has 0 unspecified atom stereocenters. The van der Waals surface area contributed by atoms with Crippen molar-refractivity contribution in [3.63, 3.8) is 0 Å². The number of anilines is 1. The van der Waals surface area contributed by atoms with Gasteiger partial charge < -0.3 is 5.32 Å². The second-order valence-electron chi connectivity index (χ2n) is 4.34. The zero-order valence-corrected chi connectivity index (χ0v) is 11.6. The van der Waals surface area contributed by atoms with Crippen LogP contribution in [0.5, 0.6) is 0 Å². The van der Waals surface area contributed by atoms with Gasteiger partial charge in [0, 0.05) is 13.1 Å². The Morgan fingerprint density at radius 1 is 1.39 bits per heavy atom. The van der Waals surface area contributed by atoms with Crippen LogP contribution in [0.25, 0.3) is 10.6 Å². The van der Waals surface area contributed by atoms with Gasteiger partial charge in [0.15, 0.2) is 5.01 Å². The quantitative estimate of drug-likeness (QED) is 0.908. The summed E-state index contributed by atoms with van der Waals surface area (Å²) in [6, 6.07) is 2.02. The van der Waals surface area contributed by atoms with Crippen molar-refractivity contribution in [2.75, 3.05) is 5.32 Å². The van der Waals surface area contributed by atoms with Gasteiger partial charge in [-0.3, -0.25) is 4.79 Å². The van der Waals surface area contributed by atoms with Crippen LogP contribution in [-0.2, 0) is 7.05 Å². The highest BCUT2D eigenvalue weighted by Gasteiger charge is 2.12. The number of hydrogen-bond acceptors (Lipinski definition) is 6. The van der Waals surface area contributed by atoms with Crippen LogP contribution < -0.4 is 10.9 Å². The van der Waals surface area contributed by atoms with E-state index in [1.54, 1.807) is 13.1 Å². The fraction of sp³-hybridized carbons (Fsp3) is 0.455. The number of aromatic nitrogens is 4. The number of aryl methyl sites for hydroxylation is 2. The van der Waals surface area contributed by atoms with E-state index in [2.05, 4.69) is 20.6 Å². The molecule has 96 valence electrons. The molecular weight excluding hydrogens is 250 g/mol. The highest BCUT2D eigenvalue weighted by atomic mass is 32.1. The first-order valence-electron chi connectivity index (χ1n) is 5.62. The topological polar surface area (TPSA) is 72.7 Å². The van der Waals surface area contributed by atoms with E-state index in [1.165, 1.54) is 16.0 Å². The van der Waals surface area contributed by atoms with Crippen molar-refractivity contribution >= 4 is 16.5 Å². The minimum Gasteiger partial charge on any atom is -0.358 e. The van der Waals surface area contributed by atoms with Gasteiger partial charge in [-0.05, 0) is 26.8 Å². The van der Waals surface area contributed by atoms with Gasteiger partial charge in [0.1, 0.15) is 0 Å². The molecule has 0 atom stereocenters. The summed E-state index contributed by atoms with van der Waals surface area (Å²) in [4.78, 5) is 12.0. The third kappa shape index (κ3) is 2.56. The molecule has 0 spiro atoms. The minimum atomic E-state index is -0.159. The average molecular weight is 265 g/mol. The molecule has 0 aliphatic rings. The smallest absolute Gasteiger partial charge is 0.276 e. The van der Waals surface area contributed by atoms with Gasteiger partial charge >= 0.3 is 0 Å². The molecule has 0 bridgehead atoms. The van der Waals surface area contributed by atoms with Gasteiger partial charge in [-0.25, -0.2) is 4.68 Å². The van der Waals surface area contributed by atoms with Crippen LogP contribution in [0.1, 0.15) is 19.5 Å². The van der Waals surface area contributed by atoms with Crippen molar-refractivity contribution in [3.8, 4) is 10.6 Å². The lowest BCUT2D eigenvalue weighted by atomic mass is 10.3. The Balaban J connectivity index is 2.43. The number of hydrogen-bond donors (Lipinski definition) is 1. The van der Waals surface area contributed by atoms with Gasteiger partial charge in [0.2, 0.25) is 5.13 Å². The third-order valence-electron chi connectivity index (χ3n) is 2.25. The molecule has 2 aromatic rings. The van der Waals surface area contributed by atoms with Crippen LogP contribution in [0, 0.1) is 6.92 Å². The van der Waals surface area contributed by atoms with E-state index in [-0.39, 0.29) is 11.6 Å². The average Bonchev–Trinajstić information content (AvgIpc) is 2.70. The van der Waals surface area contributed by atoms with Gasteiger partial charge in [-0.2, -0.15) is 5.10 Å². The number of nitrogens with one attached hydrogen (secondary N) is 1. The molecule has 0 fully saturated rings. The fourth-order valence-corrected chi connectivity index (χ4v) is 2.44. The van der Waals surface area contributed by atoms with Crippen LogP contribution >= 0.6 is 11.3 Å². The third-order valence-corrected chi connectivity index (χ3v) is 3.14. The predicted octanol–water partition coefficient (Wildman–Crippen LogP) is 1.43. The number of rotatable bonds is 3. The van der Waals surface area contributed by atoms with Crippen LogP contribution in [0.4, 0.5) is 5.13 Å². The maximum atomic E-state index is 12.0. The summed E-state index contributed by atoms with van der Waals surface area (Å²) < 4.78 is 1.32. The molecule has 2 heterocycles. The van der Waals surface area contributed by atoms with Crippen LogP contribution in [-0.4, -0.2) is 26.0 Å². The van der Waals surface area contributed by atoms with Crippen molar-refractivity contribution < 1.29 is 0 Å². The normalized spacial score (nSPS) is 10.9. The first-order chi connectivity index (χ1) is 8.47. The monoisotopic (exact) mass is 265 g/mol. The summed E-state index contributed by atoms with van der Waals surface area (Å²) in [6.45, 7) is 5.89. The molecule has 0 saturated carbocycles. The van der Waals surface area contributed by atoms with Crippen molar-refractivity contribution in [3.05, 3.63) is 22.1 Å². The zero-order chi connectivity index (χ0) is 13.3. The molecule has 2 rings (SSSR count). The van der Waals surface area contributed by atoms with Gasteiger partial charge in [0.25, 0.3) is 5.56 Å². The Hall–Kier alpha value is -1.76. The molecule has 18 heavy (non-hydrogen) atoms. The molecule has 0 amide bonds. The Bertz CT molecular complexity index is 616. The van der Waals surface area contributed by atoms with E-state index < -0.39 is 0 Å². The lowest BCUT2D eigenvalue weighted by Crippen LogP contribution is -2.21. The molecule has 0 saturated heterocycles. The first-order valence-corrected chi connectivity index (χ1v) is 6.44. The van der Waals surface area contributed by atoms with E-state index in [1.807, 2.05) is 20.8 Å². The molecule has 0 aliphatic carbocycles. The summed E-state index contributed by atoms with van der Waals surface area (Å²) in [5, 5.41) is 16.6. The van der Waals surface area contributed by atoms with Crippen molar-refractivity contribution in [1.29, 1.82) is 0 Å². The lowest BCUT2D eigenvalue weighted by molar-refractivity contribution is 0.694. The van der Waals surface area contributed by atoms with Crippen molar-refractivity contribution in [1.82, 2.24) is 20.0 Å². The molecule has 1 N–H and O–H groups in total. The van der Waals surface area contributed by atoms with Crippen LogP contribution in [0.2, 0.25) is 0 Å². The van der Waals surface area contributed by atoms with Crippen molar-refractivity contribution in [2.45, 2.75) is 26.8 Å². The minimum absolute atomic E-state index is 0.159. The zero-order valence-electron chi connectivity index (χ0n) is 10.8. The van der Waals surface area contributed by atoms with E-state index in [4.69, 9.17) is 0 Å². The van der Waals surface area contributed by atoms with E-state index in [9.17, 15) is 4.79 Å². The van der Waals surface area contributed by atoms with Gasteiger partial charge in [-0.15, -0.1) is 10.2 Å². The standard InChI is InChI=1S/C11H15N5OS/c1-6(2)12-11-14-13-9(18-11)8-5-7(3)15-16(4)10(8)17/h5-6H,1-4H3,(H,12,14). The molecule has 6 nitrogen and oxygen atoms in total. The van der Waals surface area contributed by atoms with E-state index in [0.717, 1.165) is 10.8 Å². The van der Waals surface area contributed by atoms with Crippen molar-refractivity contribution in [2.24, 2.45) is 7.05 Å². The Morgan fingerprint density at radius 3 is 2.78 bits per heavy atom.